The molecular formula is C21H22N4O4S. The molecule has 1 saturated heterocycles. The smallest absolute Gasteiger partial charge is 0.275 e. The van der Waals surface area contributed by atoms with Gasteiger partial charge in [0.05, 0.1) is 44.9 Å². The van der Waals surface area contributed by atoms with E-state index in [0.717, 1.165) is 24.5 Å². The lowest BCUT2D eigenvalue weighted by atomic mass is 10.2. The van der Waals surface area contributed by atoms with Crippen molar-refractivity contribution < 1.29 is 19.0 Å². The lowest BCUT2D eigenvalue weighted by molar-refractivity contribution is 0.102. The second-order valence-electron chi connectivity index (χ2n) is 6.54. The fourth-order valence-corrected chi connectivity index (χ4v) is 4.01. The number of hydrogen-bond acceptors (Lipinski definition) is 8. The fraction of sp³-hybridized carbons (Fsp3) is 0.286. The molecule has 0 aliphatic carbocycles. The highest BCUT2D eigenvalue weighted by atomic mass is 32.1. The minimum absolute atomic E-state index is 0.291. The van der Waals surface area contributed by atoms with Crippen LogP contribution in [0, 0.1) is 0 Å². The molecule has 1 N–H and O–H groups in total. The molecular weight excluding hydrogens is 404 g/mol. The lowest BCUT2D eigenvalue weighted by Crippen LogP contribution is -2.36. The molecule has 0 bridgehead atoms. The molecule has 4 rings (SSSR count). The van der Waals surface area contributed by atoms with Crippen LogP contribution in [0.2, 0.25) is 0 Å². The molecule has 1 amide bonds. The van der Waals surface area contributed by atoms with Crippen LogP contribution in [0.15, 0.2) is 41.9 Å². The fourth-order valence-electron chi connectivity index (χ4n) is 3.19. The zero-order valence-electron chi connectivity index (χ0n) is 16.8. The molecule has 1 aliphatic heterocycles. The number of rotatable bonds is 6. The van der Waals surface area contributed by atoms with Gasteiger partial charge in [0.25, 0.3) is 5.91 Å². The summed E-state index contributed by atoms with van der Waals surface area (Å²) in [5, 5.41) is 5.25. The Morgan fingerprint density at radius 3 is 2.70 bits per heavy atom. The standard InChI is InChI=1S/C21H22N4O4S/c1-27-17-5-3-4-15(19(17)28-2)21-24-16(13-30-21)20(26)23-14-6-7-18(22-12-14)25-8-10-29-11-9-25/h3-7,12-13H,8-11H2,1-2H3,(H,23,26). The number of anilines is 2. The van der Waals surface area contributed by atoms with Gasteiger partial charge >= 0.3 is 0 Å². The number of para-hydroxylation sites is 1. The average molecular weight is 426 g/mol. The van der Waals surface area contributed by atoms with E-state index < -0.39 is 0 Å². The van der Waals surface area contributed by atoms with Crippen LogP contribution in [-0.2, 0) is 4.74 Å². The summed E-state index contributed by atoms with van der Waals surface area (Å²) >= 11 is 1.37. The van der Waals surface area contributed by atoms with Crippen molar-refractivity contribution in [3.05, 3.63) is 47.6 Å². The maximum Gasteiger partial charge on any atom is 0.275 e. The molecule has 1 fully saturated rings. The molecule has 1 aromatic carbocycles. The first-order chi connectivity index (χ1) is 14.7. The maximum absolute atomic E-state index is 12.6. The van der Waals surface area contributed by atoms with Gasteiger partial charge in [-0.2, -0.15) is 0 Å². The Bertz CT molecular complexity index is 1020. The zero-order valence-corrected chi connectivity index (χ0v) is 17.6. The summed E-state index contributed by atoms with van der Waals surface area (Å²) in [4.78, 5) is 23.7. The van der Waals surface area contributed by atoms with Crippen molar-refractivity contribution in [1.82, 2.24) is 9.97 Å². The van der Waals surface area contributed by atoms with Gasteiger partial charge in [0.1, 0.15) is 16.5 Å². The van der Waals surface area contributed by atoms with E-state index >= 15 is 0 Å². The van der Waals surface area contributed by atoms with Gasteiger partial charge in [-0.25, -0.2) is 9.97 Å². The third-order valence-electron chi connectivity index (χ3n) is 4.71. The first kappa shape index (κ1) is 20.1. The SMILES string of the molecule is COc1cccc(-c2nc(C(=O)Nc3ccc(N4CCOCC4)nc3)cs2)c1OC. The Labute approximate surface area is 178 Å². The van der Waals surface area contributed by atoms with Crippen molar-refractivity contribution in [2.45, 2.75) is 0 Å². The number of pyridine rings is 1. The predicted octanol–water partition coefficient (Wildman–Crippen LogP) is 3.31. The van der Waals surface area contributed by atoms with Gasteiger partial charge in [0.2, 0.25) is 0 Å². The van der Waals surface area contributed by atoms with Crippen molar-refractivity contribution >= 4 is 28.7 Å². The normalized spacial score (nSPS) is 13.7. The van der Waals surface area contributed by atoms with Crippen LogP contribution >= 0.6 is 11.3 Å². The van der Waals surface area contributed by atoms with E-state index in [0.29, 0.717) is 41.1 Å². The summed E-state index contributed by atoms with van der Waals surface area (Å²) in [6.07, 6.45) is 1.65. The lowest BCUT2D eigenvalue weighted by Gasteiger charge is -2.27. The second-order valence-corrected chi connectivity index (χ2v) is 7.40. The van der Waals surface area contributed by atoms with E-state index in [1.54, 1.807) is 25.8 Å². The molecule has 0 unspecified atom stereocenters. The van der Waals surface area contributed by atoms with Crippen molar-refractivity contribution in [2.75, 3.05) is 50.7 Å². The van der Waals surface area contributed by atoms with E-state index in [4.69, 9.17) is 14.2 Å². The third-order valence-corrected chi connectivity index (χ3v) is 5.59. The van der Waals surface area contributed by atoms with Gasteiger partial charge < -0.3 is 24.4 Å². The number of nitrogens with zero attached hydrogens (tertiary/aromatic N) is 3. The van der Waals surface area contributed by atoms with Gasteiger partial charge in [-0.3, -0.25) is 4.79 Å². The Morgan fingerprint density at radius 2 is 2.00 bits per heavy atom. The average Bonchev–Trinajstić information content (AvgIpc) is 3.30. The number of carbonyl (C=O) groups excluding carboxylic acids is 1. The number of thiazole rings is 1. The van der Waals surface area contributed by atoms with Crippen LogP contribution in [0.3, 0.4) is 0 Å². The molecule has 1 aliphatic rings. The predicted molar refractivity (Wildman–Crippen MR) is 116 cm³/mol. The van der Waals surface area contributed by atoms with Crippen LogP contribution in [0.4, 0.5) is 11.5 Å². The number of amides is 1. The molecule has 0 atom stereocenters. The molecule has 9 heteroatoms. The van der Waals surface area contributed by atoms with Crippen LogP contribution in [-0.4, -0.2) is 56.4 Å². The number of aromatic nitrogens is 2. The number of carbonyl (C=O) groups is 1. The van der Waals surface area contributed by atoms with E-state index in [1.165, 1.54) is 11.3 Å². The number of ether oxygens (including phenoxy) is 3. The Kier molecular flexibility index (Phi) is 6.10. The number of methoxy groups -OCH3 is 2. The first-order valence-electron chi connectivity index (χ1n) is 9.46. The molecule has 3 aromatic rings. The van der Waals surface area contributed by atoms with E-state index in [-0.39, 0.29) is 5.91 Å². The Morgan fingerprint density at radius 1 is 1.17 bits per heavy atom. The highest BCUT2D eigenvalue weighted by molar-refractivity contribution is 7.13. The number of morpholine rings is 1. The van der Waals surface area contributed by atoms with Gasteiger partial charge in [-0.15, -0.1) is 11.3 Å². The molecule has 0 spiro atoms. The summed E-state index contributed by atoms with van der Waals surface area (Å²) in [6.45, 7) is 3.02. The topological polar surface area (TPSA) is 85.8 Å². The first-order valence-corrected chi connectivity index (χ1v) is 10.3. The second kappa shape index (κ2) is 9.10. The van der Waals surface area contributed by atoms with Crippen LogP contribution in [0.5, 0.6) is 11.5 Å². The van der Waals surface area contributed by atoms with Crippen molar-refractivity contribution in [3.8, 4) is 22.1 Å². The number of benzene rings is 1. The van der Waals surface area contributed by atoms with Crippen molar-refractivity contribution in [1.29, 1.82) is 0 Å². The quantitative estimate of drug-likeness (QED) is 0.647. The summed E-state index contributed by atoms with van der Waals surface area (Å²) in [7, 11) is 3.16. The molecule has 0 saturated carbocycles. The van der Waals surface area contributed by atoms with Crippen molar-refractivity contribution in [2.24, 2.45) is 0 Å². The summed E-state index contributed by atoms with van der Waals surface area (Å²) in [5.74, 6) is 1.78. The van der Waals surface area contributed by atoms with Gasteiger partial charge in [0.15, 0.2) is 11.5 Å². The molecule has 156 valence electrons. The number of nitrogens with one attached hydrogen (secondary N) is 1. The van der Waals surface area contributed by atoms with Crippen LogP contribution < -0.4 is 19.7 Å². The summed E-state index contributed by atoms with van der Waals surface area (Å²) in [5.41, 5.74) is 1.72. The minimum atomic E-state index is -0.291. The van der Waals surface area contributed by atoms with E-state index in [9.17, 15) is 4.79 Å². The van der Waals surface area contributed by atoms with Gasteiger partial charge in [-0.05, 0) is 24.3 Å². The van der Waals surface area contributed by atoms with Gasteiger partial charge in [-0.1, -0.05) is 6.07 Å². The zero-order chi connectivity index (χ0) is 20.9. The monoisotopic (exact) mass is 426 g/mol. The molecule has 0 radical (unpaired) electrons. The van der Waals surface area contributed by atoms with Crippen molar-refractivity contribution in [3.63, 3.8) is 0 Å². The molecule has 2 aromatic heterocycles. The van der Waals surface area contributed by atoms with E-state index in [1.807, 2.05) is 30.3 Å². The molecule has 3 heterocycles. The molecule has 30 heavy (non-hydrogen) atoms. The number of hydrogen-bond donors (Lipinski definition) is 1. The highest BCUT2D eigenvalue weighted by Gasteiger charge is 2.18. The summed E-state index contributed by atoms with van der Waals surface area (Å²) < 4.78 is 16.2. The van der Waals surface area contributed by atoms with Crippen LogP contribution in [0.1, 0.15) is 10.5 Å². The summed E-state index contributed by atoms with van der Waals surface area (Å²) in [6, 6.07) is 9.30. The van der Waals surface area contributed by atoms with Crippen LogP contribution in [0.25, 0.3) is 10.6 Å². The Balaban J connectivity index is 1.47. The molecule has 8 nitrogen and oxygen atoms in total. The largest absolute Gasteiger partial charge is 0.493 e. The Hall–Kier alpha value is -3.17. The van der Waals surface area contributed by atoms with Gasteiger partial charge in [0, 0.05) is 18.5 Å². The maximum atomic E-state index is 12.6. The van der Waals surface area contributed by atoms with E-state index in [2.05, 4.69) is 20.2 Å². The highest BCUT2D eigenvalue weighted by Crippen LogP contribution is 2.39. The third kappa shape index (κ3) is 4.22. The minimum Gasteiger partial charge on any atom is -0.493 e.